The van der Waals surface area contributed by atoms with Gasteiger partial charge < -0.3 is 18.9 Å². The summed E-state index contributed by atoms with van der Waals surface area (Å²) in [5.41, 5.74) is -3.21. The van der Waals surface area contributed by atoms with Crippen LogP contribution in [0.15, 0.2) is 67.2 Å². The zero-order valence-electron chi connectivity index (χ0n) is 24.9. The molecular formula is C35H28F8O4. The van der Waals surface area contributed by atoms with E-state index in [-0.39, 0.29) is 47.1 Å². The fourth-order valence-electron chi connectivity index (χ4n) is 5.01. The van der Waals surface area contributed by atoms with Crippen LogP contribution in [0.1, 0.15) is 42.7 Å². The Kier molecular flexibility index (Phi) is 10.3. The first-order chi connectivity index (χ1) is 22.4. The highest BCUT2D eigenvalue weighted by Gasteiger charge is 2.41. The van der Waals surface area contributed by atoms with Gasteiger partial charge in [-0.2, -0.15) is 8.78 Å². The van der Waals surface area contributed by atoms with E-state index in [1.54, 1.807) is 0 Å². The van der Waals surface area contributed by atoms with Gasteiger partial charge in [-0.25, -0.2) is 26.3 Å². The van der Waals surface area contributed by atoms with Gasteiger partial charge in [-0.15, -0.1) is 0 Å². The molecule has 0 radical (unpaired) electrons. The molecule has 0 N–H and O–H groups in total. The van der Waals surface area contributed by atoms with Crippen LogP contribution in [0.2, 0.25) is 0 Å². The number of ether oxygens (including phenoxy) is 4. The molecule has 248 valence electrons. The summed E-state index contributed by atoms with van der Waals surface area (Å²) >= 11 is 0. The summed E-state index contributed by atoms with van der Waals surface area (Å²) in [5, 5.41) is 0. The average Bonchev–Trinajstić information content (AvgIpc) is 3.00. The summed E-state index contributed by atoms with van der Waals surface area (Å²) in [6.45, 7) is 6.30. The highest BCUT2D eigenvalue weighted by atomic mass is 19.3. The summed E-state index contributed by atoms with van der Waals surface area (Å²) in [6.07, 6.45) is -3.05. The van der Waals surface area contributed by atoms with E-state index in [0.29, 0.717) is 24.8 Å². The Hall–Kier alpha value is -4.26. The van der Waals surface area contributed by atoms with E-state index in [2.05, 4.69) is 11.3 Å². The second-order valence-corrected chi connectivity index (χ2v) is 10.7. The van der Waals surface area contributed by atoms with Crippen LogP contribution in [0.4, 0.5) is 35.1 Å². The number of hydrogen-bond acceptors (Lipinski definition) is 4. The van der Waals surface area contributed by atoms with Crippen LogP contribution < -0.4 is 4.74 Å². The number of halogens is 8. The highest BCUT2D eigenvalue weighted by molar-refractivity contribution is 5.68. The third kappa shape index (κ3) is 7.50. The van der Waals surface area contributed by atoms with Crippen molar-refractivity contribution in [3.8, 4) is 28.0 Å². The minimum atomic E-state index is -4.65. The van der Waals surface area contributed by atoms with E-state index >= 15 is 22.0 Å². The molecule has 5 rings (SSSR count). The van der Waals surface area contributed by atoms with Crippen LogP contribution in [0, 0.1) is 34.9 Å². The minimum absolute atomic E-state index is 0.215. The quantitative estimate of drug-likeness (QED) is 0.118. The first-order valence-corrected chi connectivity index (χ1v) is 14.5. The van der Waals surface area contributed by atoms with Crippen LogP contribution in [0.3, 0.4) is 0 Å². The Labute approximate surface area is 265 Å². The van der Waals surface area contributed by atoms with Gasteiger partial charge >= 0.3 is 6.11 Å². The second-order valence-electron chi connectivity index (χ2n) is 10.7. The van der Waals surface area contributed by atoms with Gasteiger partial charge in [0.15, 0.2) is 6.29 Å². The van der Waals surface area contributed by atoms with Gasteiger partial charge in [0.1, 0.15) is 52.3 Å². The predicted molar refractivity (Wildman–Crippen MR) is 157 cm³/mol. The zero-order valence-corrected chi connectivity index (χ0v) is 24.9. The van der Waals surface area contributed by atoms with Gasteiger partial charge in [-0.1, -0.05) is 38.1 Å². The topological polar surface area (TPSA) is 36.9 Å². The SMILES string of the molecule is C=Cc1c(F)cc(-c2ccc(OC(F)(F)c3c(F)cc(-c4ccc(C5OCC(OCCCC)CO5)cc4F)cc3F)cc2F)cc1F. The van der Waals surface area contributed by atoms with Crippen LogP contribution in [0.25, 0.3) is 28.3 Å². The molecule has 47 heavy (non-hydrogen) atoms. The van der Waals surface area contributed by atoms with Crippen molar-refractivity contribution in [1.29, 1.82) is 0 Å². The number of alkyl halides is 2. The van der Waals surface area contributed by atoms with Gasteiger partial charge in [-0.3, -0.25) is 0 Å². The lowest BCUT2D eigenvalue weighted by molar-refractivity contribution is -0.230. The van der Waals surface area contributed by atoms with Crippen LogP contribution in [-0.2, 0) is 20.3 Å². The van der Waals surface area contributed by atoms with E-state index < -0.39 is 64.2 Å². The average molecular weight is 665 g/mol. The minimum Gasteiger partial charge on any atom is -0.429 e. The molecule has 0 unspecified atom stereocenters. The van der Waals surface area contributed by atoms with Gasteiger partial charge in [0, 0.05) is 34.9 Å². The molecule has 4 aromatic carbocycles. The van der Waals surface area contributed by atoms with Crippen molar-refractivity contribution in [3.05, 3.63) is 119 Å². The van der Waals surface area contributed by atoms with E-state index in [1.165, 1.54) is 12.1 Å². The Morgan fingerprint density at radius 2 is 1.32 bits per heavy atom. The van der Waals surface area contributed by atoms with E-state index in [4.69, 9.17) is 14.2 Å². The van der Waals surface area contributed by atoms with Crippen molar-refractivity contribution in [3.63, 3.8) is 0 Å². The molecule has 0 aliphatic carbocycles. The molecule has 0 atom stereocenters. The molecule has 12 heteroatoms. The monoisotopic (exact) mass is 664 g/mol. The summed E-state index contributed by atoms with van der Waals surface area (Å²) in [5.74, 6) is -8.53. The predicted octanol–water partition coefficient (Wildman–Crippen LogP) is 9.86. The molecule has 0 amide bonds. The lowest BCUT2D eigenvalue weighted by Gasteiger charge is -2.29. The smallest absolute Gasteiger partial charge is 0.429 e. The number of hydrogen-bond donors (Lipinski definition) is 0. The maximum atomic E-state index is 15.1. The zero-order chi connectivity index (χ0) is 33.9. The lowest BCUT2D eigenvalue weighted by atomic mass is 10.00. The number of benzene rings is 4. The van der Waals surface area contributed by atoms with Gasteiger partial charge in [-0.05, 0) is 60.0 Å². The number of rotatable bonds is 11. The third-order valence-electron chi connectivity index (χ3n) is 7.41. The van der Waals surface area contributed by atoms with Crippen molar-refractivity contribution < 1.29 is 54.1 Å². The maximum absolute atomic E-state index is 15.1. The van der Waals surface area contributed by atoms with Crippen molar-refractivity contribution >= 4 is 6.08 Å². The molecule has 4 aromatic rings. The maximum Gasteiger partial charge on any atom is 0.432 e. The molecule has 0 aromatic heterocycles. The second kappa shape index (κ2) is 14.2. The van der Waals surface area contributed by atoms with E-state index in [9.17, 15) is 13.2 Å². The molecule has 1 aliphatic rings. The molecule has 1 saturated heterocycles. The van der Waals surface area contributed by atoms with Crippen molar-refractivity contribution in [2.45, 2.75) is 38.3 Å². The Bertz CT molecular complexity index is 1720. The van der Waals surface area contributed by atoms with E-state index in [0.717, 1.165) is 49.2 Å². The van der Waals surface area contributed by atoms with Crippen molar-refractivity contribution in [1.82, 2.24) is 0 Å². The summed E-state index contributed by atoms with van der Waals surface area (Å²) < 4.78 is 140. The Morgan fingerprint density at radius 1 is 0.766 bits per heavy atom. The van der Waals surface area contributed by atoms with Crippen LogP contribution >= 0.6 is 0 Å². The summed E-state index contributed by atoms with van der Waals surface area (Å²) in [7, 11) is 0. The Morgan fingerprint density at radius 3 is 1.85 bits per heavy atom. The van der Waals surface area contributed by atoms with Crippen LogP contribution in [-0.4, -0.2) is 25.9 Å². The normalized spacial score (nSPS) is 16.7. The van der Waals surface area contributed by atoms with Gasteiger partial charge in [0.05, 0.1) is 13.2 Å². The van der Waals surface area contributed by atoms with Gasteiger partial charge in [0.25, 0.3) is 0 Å². The molecular weight excluding hydrogens is 636 g/mol. The molecule has 1 heterocycles. The first-order valence-electron chi connectivity index (χ1n) is 14.5. The van der Waals surface area contributed by atoms with Crippen LogP contribution in [0.5, 0.6) is 5.75 Å². The first kappa shape index (κ1) is 34.1. The fraction of sp³-hybridized carbons (Fsp3) is 0.257. The molecule has 1 aliphatic heterocycles. The highest BCUT2D eigenvalue weighted by Crippen LogP contribution is 2.39. The summed E-state index contributed by atoms with van der Waals surface area (Å²) in [4.78, 5) is 0. The van der Waals surface area contributed by atoms with Crippen molar-refractivity contribution in [2.24, 2.45) is 0 Å². The standard InChI is InChI=1S/C35H28F8O4/c1-3-5-10-44-23-17-45-34(46-18-23)19-6-8-25(29(38)11-19)21-14-31(40)33(32(41)15-21)35(42,43)47-22-7-9-26(30(39)16-22)20-12-27(36)24(4-2)28(37)13-20/h4,6-9,11-16,23,34H,2-3,5,10,17-18H2,1H3. The number of unbranched alkanes of at least 4 members (excludes halogenated alkanes) is 1. The molecule has 4 nitrogen and oxygen atoms in total. The Balaban J connectivity index is 1.32. The molecule has 0 bridgehead atoms. The third-order valence-corrected chi connectivity index (χ3v) is 7.41. The molecule has 0 spiro atoms. The molecule has 1 fully saturated rings. The summed E-state index contributed by atoms with van der Waals surface area (Å²) in [6, 6.07) is 8.57. The lowest BCUT2D eigenvalue weighted by Crippen LogP contribution is -2.33. The molecule has 0 saturated carbocycles. The van der Waals surface area contributed by atoms with E-state index in [1.807, 2.05) is 6.92 Å². The van der Waals surface area contributed by atoms with Gasteiger partial charge in [0.2, 0.25) is 0 Å². The van der Waals surface area contributed by atoms with Crippen molar-refractivity contribution in [2.75, 3.05) is 19.8 Å². The fourth-order valence-corrected chi connectivity index (χ4v) is 5.01. The largest absolute Gasteiger partial charge is 0.432 e.